The SMILES string of the molecule is OCCc1cc(F)c(C(F)(F)F)c(F)c1. The van der Waals surface area contributed by atoms with Crippen LogP contribution in [0.3, 0.4) is 0 Å². The Morgan fingerprint density at radius 2 is 1.53 bits per heavy atom. The van der Waals surface area contributed by atoms with Gasteiger partial charge in [0, 0.05) is 6.61 Å². The van der Waals surface area contributed by atoms with Gasteiger partial charge in [0.25, 0.3) is 0 Å². The van der Waals surface area contributed by atoms with Crippen LogP contribution in [0.5, 0.6) is 0 Å². The first-order chi connectivity index (χ1) is 6.86. The second kappa shape index (κ2) is 4.14. The monoisotopic (exact) mass is 226 g/mol. The van der Waals surface area contributed by atoms with Crippen LogP contribution in [0.15, 0.2) is 12.1 Å². The number of benzene rings is 1. The Bertz CT molecular complexity index is 335. The predicted molar refractivity (Wildman–Crippen MR) is 42.1 cm³/mol. The summed E-state index contributed by atoms with van der Waals surface area (Å²) in [7, 11) is 0. The van der Waals surface area contributed by atoms with E-state index in [1.165, 1.54) is 0 Å². The molecule has 84 valence electrons. The normalized spacial score (nSPS) is 11.9. The fourth-order valence-electron chi connectivity index (χ4n) is 1.17. The summed E-state index contributed by atoms with van der Waals surface area (Å²) in [6.45, 7) is -0.385. The number of hydrogen-bond donors (Lipinski definition) is 1. The Labute approximate surface area is 82.1 Å². The molecule has 0 aliphatic carbocycles. The van der Waals surface area contributed by atoms with Crippen LogP contribution in [-0.4, -0.2) is 11.7 Å². The lowest BCUT2D eigenvalue weighted by atomic mass is 10.1. The van der Waals surface area contributed by atoms with Gasteiger partial charge < -0.3 is 5.11 Å². The minimum absolute atomic E-state index is 0.0134. The summed E-state index contributed by atoms with van der Waals surface area (Å²) in [5.74, 6) is -3.32. The van der Waals surface area contributed by atoms with Crippen LogP contribution in [-0.2, 0) is 12.6 Å². The third-order valence-corrected chi connectivity index (χ3v) is 1.79. The summed E-state index contributed by atoms with van der Waals surface area (Å²) in [6, 6.07) is 1.14. The lowest BCUT2D eigenvalue weighted by Crippen LogP contribution is -2.12. The highest BCUT2D eigenvalue weighted by molar-refractivity contribution is 5.28. The van der Waals surface area contributed by atoms with Gasteiger partial charge in [0.15, 0.2) is 0 Å². The molecule has 0 saturated carbocycles. The van der Waals surface area contributed by atoms with Crippen molar-refractivity contribution in [3.8, 4) is 0 Å². The minimum Gasteiger partial charge on any atom is -0.396 e. The van der Waals surface area contributed by atoms with E-state index in [9.17, 15) is 22.0 Å². The minimum atomic E-state index is -5.05. The van der Waals surface area contributed by atoms with Crippen LogP contribution in [0.1, 0.15) is 11.1 Å². The highest BCUT2D eigenvalue weighted by atomic mass is 19.4. The molecule has 0 radical (unpaired) electrons. The van der Waals surface area contributed by atoms with Gasteiger partial charge in [-0.25, -0.2) is 8.78 Å². The van der Waals surface area contributed by atoms with Gasteiger partial charge in [0.2, 0.25) is 0 Å². The van der Waals surface area contributed by atoms with E-state index in [2.05, 4.69) is 0 Å². The zero-order chi connectivity index (χ0) is 11.6. The number of hydrogen-bond acceptors (Lipinski definition) is 1. The van der Waals surface area contributed by atoms with E-state index < -0.39 is 23.4 Å². The molecule has 1 aromatic rings. The topological polar surface area (TPSA) is 20.2 Å². The molecule has 6 heteroatoms. The van der Waals surface area contributed by atoms with Crippen LogP contribution in [0.2, 0.25) is 0 Å². The molecule has 0 spiro atoms. The van der Waals surface area contributed by atoms with Gasteiger partial charge in [0.1, 0.15) is 17.2 Å². The Balaban J connectivity index is 3.22. The van der Waals surface area contributed by atoms with E-state index in [0.717, 1.165) is 0 Å². The van der Waals surface area contributed by atoms with E-state index in [4.69, 9.17) is 5.11 Å². The van der Waals surface area contributed by atoms with Gasteiger partial charge in [-0.2, -0.15) is 13.2 Å². The molecule has 0 bridgehead atoms. The smallest absolute Gasteiger partial charge is 0.396 e. The fraction of sp³-hybridized carbons (Fsp3) is 0.333. The third-order valence-electron chi connectivity index (χ3n) is 1.79. The number of halogens is 5. The number of rotatable bonds is 2. The molecule has 1 rings (SSSR count). The summed E-state index contributed by atoms with van der Waals surface area (Å²) in [4.78, 5) is 0. The van der Waals surface area contributed by atoms with Gasteiger partial charge in [-0.3, -0.25) is 0 Å². The molecule has 0 aliphatic rings. The van der Waals surface area contributed by atoms with E-state index in [-0.39, 0.29) is 18.6 Å². The average Bonchev–Trinajstić information content (AvgIpc) is 1.99. The Morgan fingerprint density at radius 3 is 1.87 bits per heavy atom. The summed E-state index contributed by atoms with van der Waals surface area (Å²) >= 11 is 0. The zero-order valence-electron chi connectivity index (χ0n) is 7.41. The third kappa shape index (κ3) is 2.65. The van der Waals surface area contributed by atoms with Crippen molar-refractivity contribution in [1.29, 1.82) is 0 Å². The maximum atomic E-state index is 12.9. The molecule has 1 N–H and O–H groups in total. The molecule has 0 aromatic heterocycles. The molecule has 0 fully saturated rings. The Hall–Kier alpha value is -1.17. The predicted octanol–water partition coefficient (Wildman–Crippen LogP) is 2.52. The molecule has 0 unspecified atom stereocenters. The summed E-state index contributed by atoms with van der Waals surface area (Å²) < 4.78 is 62.1. The second-order valence-electron chi connectivity index (χ2n) is 2.91. The molecular formula is C9H7F5O. The van der Waals surface area contributed by atoms with Crippen molar-refractivity contribution in [1.82, 2.24) is 0 Å². The molecule has 0 heterocycles. The zero-order valence-corrected chi connectivity index (χ0v) is 7.41. The van der Waals surface area contributed by atoms with E-state index in [1.807, 2.05) is 0 Å². The number of aliphatic hydroxyl groups is 1. The molecule has 0 amide bonds. The molecule has 15 heavy (non-hydrogen) atoms. The number of alkyl halides is 3. The van der Waals surface area contributed by atoms with Crippen molar-refractivity contribution in [3.63, 3.8) is 0 Å². The van der Waals surface area contributed by atoms with Crippen LogP contribution in [0, 0.1) is 11.6 Å². The van der Waals surface area contributed by atoms with Crippen molar-refractivity contribution in [2.75, 3.05) is 6.61 Å². The van der Waals surface area contributed by atoms with E-state index >= 15 is 0 Å². The standard InChI is InChI=1S/C9H7F5O/c10-6-3-5(1-2-15)4-7(11)8(6)9(12,13)14/h3-4,15H,1-2H2. The lowest BCUT2D eigenvalue weighted by Gasteiger charge is -2.10. The van der Waals surface area contributed by atoms with Gasteiger partial charge in [-0.05, 0) is 24.1 Å². The lowest BCUT2D eigenvalue weighted by molar-refractivity contribution is -0.142. The maximum Gasteiger partial charge on any atom is 0.422 e. The molecule has 0 atom stereocenters. The Kier molecular flexibility index (Phi) is 3.28. The highest BCUT2D eigenvalue weighted by Crippen LogP contribution is 2.33. The second-order valence-corrected chi connectivity index (χ2v) is 2.91. The molecular weight excluding hydrogens is 219 g/mol. The first-order valence-electron chi connectivity index (χ1n) is 4.02. The summed E-state index contributed by atoms with van der Waals surface area (Å²) in [5.41, 5.74) is -1.91. The van der Waals surface area contributed by atoms with Gasteiger partial charge in [-0.1, -0.05) is 0 Å². The van der Waals surface area contributed by atoms with Crippen molar-refractivity contribution in [2.45, 2.75) is 12.6 Å². The average molecular weight is 226 g/mol. The van der Waals surface area contributed by atoms with Crippen LogP contribution >= 0.6 is 0 Å². The summed E-state index contributed by atoms with van der Waals surface area (Å²) in [5, 5.41) is 8.46. The molecule has 1 nitrogen and oxygen atoms in total. The molecule has 0 saturated heterocycles. The van der Waals surface area contributed by atoms with Crippen molar-refractivity contribution in [3.05, 3.63) is 34.9 Å². The molecule has 1 aromatic carbocycles. The van der Waals surface area contributed by atoms with Crippen LogP contribution in [0.25, 0.3) is 0 Å². The maximum absolute atomic E-state index is 12.9. The van der Waals surface area contributed by atoms with E-state index in [0.29, 0.717) is 12.1 Å². The van der Waals surface area contributed by atoms with E-state index in [1.54, 1.807) is 0 Å². The van der Waals surface area contributed by atoms with Crippen molar-refractivity contribution < 1.29 is 27.1 Å². The Morgan fingerprint density at radius 1 is 1.07 bits per heavy atom. The quantitative estimate of drug-likeness (QED) is 0.768. The molecule has 0 aliphatic heterocycles. The first kappa shape index (κ1) is 11.9. The van der Waals surface area contributed by atoms with Crippen molar-refractivity contribution >= 4 is 0 Å². The van der Waals surface area contributed by atoms with Gasteiger partial charge in [0.05, 0.1) is 0 Å². The first-order valence-corrected chi connectivity index (χ1v) is 4.02. The van der Waals surface area contributed by atoms with Crippen molar-refractivity contribution in [2.24, 2.45) is 0 Å². The number of aliphatic hydroxyl groups excluding tert-OH is 1. The van der Waals surface area contributed by atoms with Gasteiger partial charge in [-0.15, -0.1) is 0 Å². The fourth-order valence-corrected chi connectivity index (χ4v) is 1.17. The van der Waals surface area contributed by atoms with Gasteiger partial charge >= 0.3 is 6.18 Å². The summed E-state index contributed by atoms with van der Waals surface area (Å²) in [6.07, 6.45) is -5.14. The largest absolute Gasteiger partial charge is 0.422 e. The van der Waals surface area contributed by atoms with Crippen LogP contribution < -0.4 is 0 Å². The highest BCUT2D eigenvalue weighted by Gasteiger charge is 2.37. The van der Waals surface area contributed by atoms with Crippen LogP contribution in [0.4, 0.5) is 22.0 Å².